The average molecular weight is 252 g/mol. The van der Waals surface area contributed by atoms with E-state index in [0.29, 0.717) is 12.6 Å². The molecule has 0 aliphatic heterocycles. The van der Waals surface area contributed by atoms with Crippen molar-refractivity contribution in [2.45, 2.75) is 25.8 Å². The molecule has 0 heterocycles. The van der Waals surface area contributed by atoms with Crippen LogP contribution in [0.3, 0.4) is 0 Å². The van der Waals surface area contributed by atoms with Crippen molar-refractivity contribution in [2.24, 2.45) is 5.73 Å². The summed E-state index contributed by atoms with van der Waals surface area (Å²) in [5.41, 5.74) is 6.78. The Morgan fingerprint density at radius 2 is 1.78 bits per heavy atom. The van der Waals surface area contributed by atoms with Crippen LogP contribution < -0.4 is 20.5 Å². The number of ether oxygens (including phenoxy) is 2. The van der Waals surface area contributed by atoms with Crippen molar-refractivity contribution in [3.63, 3.8) is 0 Å². The smallest absolute Gasteiger partial charge is 0.122 e. The monoisotopic (exact) mass is 252 g/mol. The molecule has 0 amide bonds. The molecule has 1 aromatic carbocycles. The van der Waals surface area contributed by atoms with E-state index in [9.17, 15) is 0 Å². The highest BCUT2D eigenvalue weighted by atomic mass is 16.5. The second kappa shape index (κ2) is 7.95. The Hall–Kier alpha value is -1.26. The van der Waals surface area contributed by atoms with Gasteiger partial charge in [0, 0.05) is 18.7 Å². The normalized spacial score (nSPS) is 12.2. The van der Waals surface area contributed by atoms with Crippen LogP contribution >= 0.6 is 0 Å². The van der Waals surface area contributed by atoms with Crippen molar-refractivity contribution in [3.8, 4) is 11.5 Å². The van der Waals surface area contributed by atoms with E-state index in [2.05, 4.69) is 24.4 Å². The maximum Gasteiger partial charge on any atom is 0.122 e. The van der Waals surface area contributed by atoms with Crippen molar-refractivity contribution in [1.29, 1.82) is 0 Å². The number of rotatable bonds is 8. The molecule has 0 saturated carbocycles. The van der Waals surface area contributed by atoms with Crippen LogP contribution in [-0.2, 0) is 6.42 Å². The van der Waals surface area contributed by atoms with Gasteiger partial charge in [-0.3, -0.25) is 0 Å². The molecule has 0 aliphatic carbocycles. The van der Waals surface area contributed by atoms with Gasteiger partial charge in [-0.05, 0) is 44.0 Å². The molecule has 3 N–H and O–H groups in total. The average Bonchev–Trinajstić information content (AvgIpc) is 2.42. The van der Waals surface area contributed by atoms with E-state index in [0.717, 1.165) is 30.9 Å². The van der Waals surface area contributed by atoms with Gasteiger partial charge in [0.05, 0.1) is 14.2 Å². The van der Waals surface area contributed by atoms with Crippen molar-refractivity contribution >= 4 is 0 Å². The zero-order valence-corrected chi connectivity index (χ0v) is 11.5. The van der Waals surface area contributed by atoms with E-state index >= 15 is 0 Å². The third-order valence-electron chi connectivity index (χ3n) is 2.90. The predicted molar refractivity (Wildman–Crippen MR) is 74.4 cm³/mol. The minimum atomic E-state index is 0.379. The zero-order valence-electron chi connectivity index (χ0n) is 11.5. The summed E-state index contributed by atoms with van der Waals surface area (Å²) in [6, 6.07) is 6.37. The maximum atomic E-state index is 5.55. The highest BCUT2D eigenvalue weighted by Gasteiger charge is 2.02. The topological polar surface area (TPSA) is 56.5 Å². The number of hydrogen-bond donors (Lipinski definition) is 2. The van der Waals surface area contributed by atoms with E-state index in [1.807, 2.05) is 6.07 Å². The summed E-state index contributed by atoms with van der Waals surface area (Å²) in [6.07, 6.45) is 2.07. The Morgan fingerprint density at radius 3 is 2.28 bits per heavy atom. The van der Waals surface area contributed by atoms with Gasteiger partial charge in [-0.1, -0.05) is 0 Å². The van der Waals surface area contributed by atoms with Crippen LogP contribution in [0, 0.1) is 0 Å². The van der Waals surface area contributed by atoms with Crippen LogP contribution in [0.1, 0.15) is 18.9 Å². The second-order valence-corrected chi connectivity index (χ2v) is 4.42. The van der Waals surface area contributed by atoms with Crippen LogP contribution in [0.2, 0.25) is 0 Å². The molecule has 1 aromatic rings. The fourth-order valence-electron chi connectivity index (χ4n) is 1.74. The van der Waals surface area contributed by atoms with Crippen LogP contribution in [0.4, 0.5) is 0 Å². The predicted octanol–water partition coefficient (Wildman–Crippen LogP) is 1.57. The molecule has 0 aromatic heterocycles. The van der Waals surface area contributed by atoms with Gasteiger partial charge in [-0.15, -0.1) is 0 Å². The standard InChI is InChI=1S/C14H24N2O2/c1-11(10-15)16-6-4-5-12-7-13(17-2)9-14(8-12)18-3/h7-9,11,16H,4-6,10,15H2,1-3H3. The minimum Gasteiger partial charge on any atom is -0.497 e. The number of aryl methyl sites for hydroxylation is 1. The van der Waals surface area contributed by atoms with Crippen LogP contribution in [0.25, 0.3) is 0 Å². The lowest BCUT2D eigenvalue weighted by molar-refractivity contribution is 0.393. The SMILES string of the molecule is COc1cc(CCCNC(C)CN)cc(OC)c1. The van der Waals surface area contributed by atoms with Crippen molar-refractivity contribution < 1.29 is 9.47 Å². The van der Waals surface area contributed by atoms with Gasteiger partial charge in [-0.2, -0.15) is 0 Å². The molecule has 18 heavy (non-hydrogen) atoms. The number of hydrogen-bond acceptors (Lipinski definition) is 4. The van der Waals surface area contributed by atoms with E-state index in [-0.39, 0.29) is 0 Å². The Labute approximate surface area is 109 Å². The Balaban J connectivity index is 2.46. The summed E-state index contributed by atoms with van der Waals surface area (Å²) < 4.78 is 10.5. The molecular formula is C14H24N2O2. The fraction of sp³-hybridized carbons (Fsp3) is 0.571. The summed E-state index contributed by atoms with van der Waals surface area (Å²) in [4.78, 5) is 0. The lowest BCUT2D eigenvalue weighted by Crippen LogP contribution is -2.33. The van der Waals surface area contributed by atoms with Crippen molar-refractivity contribution in [1.82, 2.24) is 5.32 Å². The Bertz CT molecular complexity index is 333. The van der Waals surface area contributed by atoms with Gasteiger partial charge < -0.3 is 20.5 Å². The third kappa shape index (κ3) is 4.94. The molecule has 0 spiro atoms. The molecule has 0 saturated heterocycles. The van der Waals surface area contributed by atoms with E-state index in [1.54, 1.807) is 14.2 Å². The highest BCUT2D eigenvalue weighted by molar-refractivity contribution is 5.38. The van der Waals surface area contributed by atoms with Gasteiger partial charge in [0.25, 0.3) is 0 Å². The number of benzene rings is 1. The summed E-state index contributed by atoms with van der Waals surface area (Å²) in [6.45, 7) is 3.74. The fourth-order valence-corrected chi connectivity index (χ4v) is 1.74. The summed E-state index contributed by atoms with van der Waals surface area (Å²) in [5, 5.41) is 3.37. The molecule has 4 nitrogen and oxygen atoms in total. The van der Waals surface area contributed by atoms with E-state index in [1.165, 1.54) is 5.56 Å². The molecule has 0 bridgehead atoms. The van der Waals surface area contributed by atoms with Gasteiger partial charge in [0.15, 0.2) is 0 Å². The van der Waals surface area contributed by atoms with Gasteiger partial charge >= 0.3 is 0 Å². The maximum absolute atomic E-state index is 5.55. The number of nitrogens with one attached hydrogen (secondary N) is 1. The molecule has 1 rings (SSSR count). The lowest BCUT2D eigenvalue weighted by Gasteiger charge is -2.11. The first-order chi connectivity index (χ1) is 8.69. The quantitative estimate of drug-likeness (QED) is 0.690. The third-order valence-corrected chi connectivity index (χ3v) is 2.90. The van der Waals surface area contributed by atoms with Crippen molar-refractivity contribution in [3.05, 3.63) is 23.8 Å². The largest absolute Gasteiger partial charge is 0.497 e. The van der Waals surface area contributed by atoms with E-state index < -0.39 is 0 Å². The molecule has 1 atom stereocenters. The molecule has 0 aliphatic rings. The van der Waals surface area contributed by atoms with Gasteiger partial charge in [0.2, 0.25) is 0 Å². The molecule has 102 valence electrons. The van der Waals surface area contributed by atoms with Gasteiger partial charge in [-0.25, -0.2) is 0 Å². The Kier molecular flexibility index (Phi) is 6.54. The first-order valence-electron chi connectivity index (χ1n) is 6.35. The zero-order chi connectivity index (χ0) is 13.4. The molecule has 0 radical (unpaired) electrons. The van der Waals surface area contributed by atoms with Crippen LogP contribution in [0.15, 0.2) is 18.2 Å². The Morgan fingerprint density at radius 1 is 1.17 bits per heavy atom. The molecule has 1 unspecified atom stereocenters. The van der Waals surface area contributed by atoms with Crippen molar-refractivity contribution in [2.75, 3.05) is 27.3 Å². The number of methoxy groups -OCH3 is 2. The second-order valence-electron chi connectivity index (χ2n) is 4.42. The minimum absolute atomic E-state index is 0.379. The van der Waals surface area contributed by atoms with Crippen LogP contribution in [-0.4, -0.2) is 33.4 Å². The highest BCUT2D eigenvalue weighted by Crippen LogP contribution is 2.23. The lowest BCUT2D eigenvalue weighted by atomic mass is 10.1. The summed E-state index contributed by atoms with van der Waals surface area (Å²) in [7, 11) is 3.34. The van der Waals surface area contributed by atoms with E-state index in [4.69, 9.17) is 15.2 Å². The number of nitrogens with two attached hydrogens (primary N) is 1. The molecule has 4 heteroatoms. The molecule has 0 fully saturated rings. The first kappa shape index (κ1) is 14.8. The first-order valence-corrected chi connectivity index (χ1v) is 6.35. The van der Waals surface area contributed by atoms with Crippen LogP contribution in [0.5, 0.6) is 11.5 Å². The van der Waals surface area contributed by atoms with Gasteiger partial charge in [0.1, 0.15) is 11.5 Å². The summed E-state index contributed by atoms with van der Waals surface area (Å²) >= 11 is 0. The summed E-state index contributed by atoms with van der Waals surface area (Å²) in [5.74, 6) is 1.68. The molecular weight excluding hydrogens is 228 g/mol.